The van der Waals surface area contributed by atoms with Gasteiger partial charge in [0.2, 0.25) is 0 Å². The number of rotatable bonds is 11. The van der Waals surface area contributed by atoms with Gasteiger partial charge < -0.3 is 14.2 Å². The van der Waals surface area contributed by atoms with Gasteiger partial charge in [0.25, 0.3) is 0 Å². The zero-order valence-electron chi connectivity index (χ0n) is 22.7. The van der Waals surface area contributed by atoms with Crippen LogP contribution in [0, 0.1) is 46.8 Å². The average Bonchev–Trinajstić information content (AvgIpc) is 3.46. The highest BCUT2D eigenvalue weighted by molar-refractivity contribution is 5.82. The number of hydrogen-bond donors (Lipinski definition) is 0. The van der Waals surface area contributed by atoms with Gasteiger partial charge in [-0.15, -0.1) is 5.10 Å². The van der Waals surface area contributed by atoms with Gasteiger partial charge in [0.05, 0.1) is 39.2 Å². The molecule has 7 heteroatoms. The van der Waals surface area contributed by atoms with E-state index in [4.69, 9.17) is 14.2 Å². The molecule has 202 valence electrons. The third kappa shape index (κ3) is 5.44. The lowest BCUT2D eigenvalue weighted by molar-refractivity contribution is -0.131. The fourth-order valence-electron chi connectivity index (χ4n) is 8.91. The molecule has 0 radical (unpaired) electrons. The topological polar surface area (TPSA) is 75.5 Å². The fourth-order valence-corrected chi connectivity index (χ4v) is 8.91. The lowest BCUT2D eigenvalue weighted by Gasteiger charge is -2.56. The summed E-state index contributed by atoms with van der Waals surface area (Å²) in [5, 5.41) is 8.44. The first-order valence-electron chi connectivity index (χ1n) is 14.6. The summed E-state index contributed by atoms with van der Waals surface area (Å²) < 4.78 is 17.7. The molecule has 8 atom stereocenters. The van der Waals surface area contributed by atoms with E-state index in [1.54, 1.807) is 11.8 Å². The first kappa shape index (κ1) is 26.3. The Morgan fingerprint density at radius 3 is 2.67 bits per heavy atom. The molecule has 2 unspecified atom stereocenters. The molecule has 5 rings (SSSR count). The molecule has 7 nitrogen and oxygen atoms in total. The Morgan fingerprint density at radius 1 is 1.00 bits per heavy atom. The normalized spacial score (nSPS) is 37.8. The van der Waals surface area contributed by atoms with Crippen LogP contribution in [-0.4, -0.2) is 54.3 Å². The van der Waals surface area contributed by atoms with Crippen LogP contribution in [0.3, 0.4) is 0 Å². The SMILES string of the molecule is COCCOCCOCc1cn(CC(=O)[C@H]2CCC3[C@@H]4CC[C@@H]5C[C@@H](C)CC[C@@H]5C4CC[C@@]32C)nn1. The van der Waals surface area contributed by atoms with Crippen LogP contribution < -0.4 is 0 Å². The monoisotopic (exact) mass is 501 g/mol. The quantitative estimate of drug-likeness (QED) is 0.400. The zero-order valence-corrected chi connectivity index (χ0v) is 22.7. The number of Topliss-reactive ketones (excluding diaryl/α,β-unsaturated/α-hetero) is 1. The predicted octanol–water partition coefficient (Wildman–Crippen LogP) is 4.93. The Bertz CT molecular complexity index is 874. The maximum Gasteiger partial charge on any atom is 0.157 e. The highest BCUT2D eigenvalue weighted by Gasteiger charge is 2.58. The number of aromatic nitrogens is 3. The summed E-state index contributed by atoms with van der Waals surface area (Å²) in [6.45, 7) is 7.81. The molecule has 0 amide bonds. The second kappa shape index (κ2) is 11.6. The van der Waals surface area contributed by atoms with Crippen molar-refractivity contribution in [3.63, 3.8) is 0 Å². The molecule has 4 fully saturated rings. The van der Waals surface area contributed by atoms with Crippen molar-refractivity contribution >= 4 is 5.78 Å². The number of methoxy groups -OCH3 is 1. The Morgan fingerprint density at radius 2 is 1.81 bits per heavy atom. The molecule has 0 saturated heterocycles. The van der Waals surface area contributed by atoms with E-state index in [1.807, 2.05) is 6.20 Å². The number of ether oxygens (including phenoxy) is 3. The van der Waals surface area contributed by atoms with Crippen LogP contribution in [0.25, 0.3) is 0 Å². The third-order valence-corrected chi connectivity index (χ3v) is 10.6. The smallest absolute Gasteiger partial charge is 0.157 e. The van der Waals surface area contributed by atoms with E-state index >= 15 is 0 Å². The molecular formula is C29H47N3O4. The first-order chi connectivity index (χ1) is 17.5. The van der Waals surface area contributed by atoms with Gasteiger partial charge in [-0.3, -0.25) is 4.79 Å². The summed E-state index contributed by atoms with van der Waals surface area (Å²) in [4.78, 5) is 13.5. The Labute approximate surface area is 217 Å². The van der Waals surface area contributed by atoms with Crippen LogP contribution in [0.1, 0.15) is 77.3 Å². The van der Waals surface area contributed by atoms with E-state index in [9.17, 15) is 4.79 Å². The molecular weight excluding hydrogens is 454 g/mol. The zero-order chi connectivity index (χ0) is 25.1. The minimum Gasteiger partial charge on any atom is -0.382 e. The van der Waals surface area contributed by atoms with Crippen molar-refractivity contribution in [1.82, 2.24) is 15.0 Å². The van der Waals surface area contributed by atoms with Crippen molar-refractivity contribution in [2.45, 2.75) is 84.8 Å². The van der Waals surface area contributed by atoms with Crippen LogP contribution in [-0.2, 0) is 32.2 Å². The minimum absolute atomic E-state index is 0.167. The van der Waals surface area contributed by atoms with Crippen molar-refractivity contribution in [1.29, 1.82) is 0 Å². The average molecular weight is 502 g/mol. The molecule has 1 heterocycles. The summed E-state index contributed by atoms with van der Waals surface area (Å²) in [5.41, 5.74) is 0.928. The second-order valence-corrected chi connectivity index (χ2v) is 12.6. The van der Waals surface area contributed by atoms with Gasteiger partial charge in [0, 0.05) is 13.0 Å². The van der Waals surface area contributed by atoms with E-state index in [0.717, 1.165) is 47.6 Å². The molecule has 4 saturated carbocycles. The van der Waals surface area contributed by atoms with Gasteiger partial charge in [0.1, 0.15) is 12.2 Å². The second-order valence-electron chi connectivity index (χ2n) is 12.6. The molecule has 0 aliphatic heterocycles. The van der Waals surface area contributed by atoms with Gasteiger partial charge in [-0.05, 0) is 92.3 Å². The van der Waals surface area contributed by atoms with Gasteiger partial charge >= 0.3 is 0 Å². The summed E-state index contributed by atoms with van der Waals surface area (Å²) in [6, 6.07) is 0. The molecule has 0 bridgehead atoms. The number of hydrogen-bond acceptors (Lipinski definition) is 6. The number of nitrogens with zero attached hydrogens (tertiary/aromatic N) is 3. The molecule has 0 N–H and O–H groups in total. The van der Waals surface area contributed by atoms with Gasteiger partial charge in [-0.1, -0.05) is 25.5 Å². The molecule has 1 aromatic heterocycles. The van der Waals surface area contributed by atoms with Crippen molar-refractivity contribution in [2.24, 2.45) is 46.8 Å². The lowest BCUT2D eigenvalue weighted by atomic mass is 9.49. The summed E-state index contributed by atoms with van der Waals surface area (Å²) >= 11 is 0. The predicted molar refractivity (Wildman–Crippen MR) is 137 cm³/mol. The molecule has 4 aliphatic carbocycles. The van der Waals surface area contributed by atoms with Crippen molar-refractivity contribution < 1.29 is 19.0 Å². The molecule has 0 aromatic carbocycles. The van der Waals surface area contributed by atoms with E-state index in [0.29, 0.717) is 45.4 Å². The first-order valence-corrected chi connectivity index (χ1v) is 14.6. The van der Waals surface area contributed by atoms with Crippen LogP contribution >= 0.6 is 0 Å². The summed E-state index contributed by atoms with van der Waals surface area (Å²) in [6.07, 6.45) is 13.9. The van der Waals surface area contributed by atoms with E-state index in [-0.39, 0.29) is 11.3 Å². The van der Waals surface area contributed by atoms with E-state index in [2.05, 4.69) is 24.2 Å². The molecule has 1 aromatic rings. The largest absolute Gasteiger partial charge is 0.382 e. The van der Waals surface area contributed by atoms with Crippen molar-refractivity contribution in [2.75, 3.05) is 33.5 Å². The Kier molecular flexibility index (Phi) is 8.48. The fraction of sp³-hybridized carbons (Fsp3) is 0.897. The number of ketones is 1. The third-order valence-electron chi connectivity index (χ3n) is 10.6. The lowest BCUT2D eigenvalue weighted by Crippen LogP contribution is -2.49. The van der Waals surface area contributed by atoms with Crippen molar-refractivity contribution in [3.05, 3.63) is 11.9 Å². The maximum absolute atomic E-state index is 13.5. The number of carbonyl (C=O) groups excluding carboxylic acids is 1. The number of carbonyl (C=O) groups is 1. The molecule has 4 aliphatic rings. The van der Waals surface area contributed by atoms with Crippen LogP contribution in [0.4, 0.5) is 0 Å². The summed E-state index contributed by atoms with van der Waals surface area (Å²) in [5.74, 6) is 5.89. The van der Waals surface area contributed by atoms with E-state index < -0.39 is 0 Å². The van der Waals surface area contributed by atoms with Crippen LogP contribution in [0.15, 0.2) is 6.20 Å². The van der Waals surface area contributed by atoms with Gasteiger partial charge in [-0.25, -0.2) is 4.68 Å². The van der Waals surface area contributed by atoms with Crippen LogP contribution in [0.2, 0.25) is 0 Å². The highest BCUT2D eigenvalue weighted by Crippen LogP contribution is 2.64. The van der Waals surface area contributed by atoms with Gasteiger partial charge in [0.15, 0.2) is 5.78 Å². The molecule has 36 heavy (non-hydrogen) atoms. The number of fused-ring (bicyclic) bond motifs is 5. The highest BCUT2D eigenvalue weighted by atomic mass is 16.5. The minimum atomic E-state index is 0.167. The van der Waals surface area contributed by atoms with E-state index in [1.165, 1.54) is 51.4 Å². The summed E-state index contributed by atoms with van der Waals surface area (Å²) in [7, 11) is 1.66. The van der Waals surface area contributed by atoms with Gasteiger partial charge in [-0.2, -0.15) is 0 Å². The van der Waals surface area contributed by atoms with Crippen LogP contribution in [0.5, 0.6) is 0 Å². The Balaban J connectivity index is 1.13. The molecule has 0 spiro atoms. The Hall–Kier alpha value is -1.31. The standard InChI is InChI=1S/C29H47N3O4/c1-20-4-6-23-21(16-20)5-7-25-24(23)10-11-29(2)26(25)8-9-27(29)28(33)18-32-17-22(30-31-32)19-36-15-14-35-13-12-34-3/h17,20-21,23-27H,4-16,18-19H2,1-3H3/t20-,21+,23-,24?,25+,26?,27+,29-/m0/s1. The maximum atomic E-state index is 13.5. The van der Waals surface area contributed by atoms with Crippen molar-refractivity contribution in [3.8, 4) is 0 Å².